The maximum absolute atomic E-state index is 14.1. The van der Waals surface area contributed by atoms with Crippen LogP contribution in [0.15, 0.2) is 95.7 Å². The Bertz CT molecular complexity index is 1830. The van der Waals surface area contributed by atoms with E-state index in [-0.39, 0.29) is 0 Å². The van der Waals surface area contributed by atoms with Gasteiger partial charge in [0.1, 0.15) is 16.9 Å². The summed E-state index contributed by atoms with van der Waals surface area (Å²) in [6.45, 7) is 1.98. The van der Waals surface area contributed by atoms with Crippen molar-refractivity contribution in [1.82, 2.24) is 4.98 Å². The Morgan fingerprint density at radius 1 is 0.833 bits per heavy atom. The first-order valence-corrected chi connectivity index (χ1v) is 11.6. The second-order valence-corrected chi connectivity index (χ2v) is 8.90. The van der Waals surface area contributed by atoms with E-state index in [1.807, 2.05) is 68.6 Å². The minimum absolute atomic E-state index is 0.549. The fraction of sp³-hybridized carbons (Fsp3) is 0.0645. The summed E-state index contributed by atoms with van der Waals surface area (Å²) in [6.07, 6.45) is 1.46. The van der Waals surface area contributed by atoms with E-state index in [0.29, 0.717) is 22.4 Å². The lowest BCUT2D eigenvalue weighted by molar-refractivity contribution is -0.663. The highest BCUT2D eigenvalue weighted by Gasteiger charge is 2.22. The molecule has 2 aromatic heterocycles. The van der Waals surface area contributed by atoms with Crippen LogP contribution < -0.4 is 4.57 Å². The highest BCUT2D eigenvalue weighted by atomic mass is 19.1. The van der Waals surface area contributed by atoms with E-state index in [1.165, 1.54) is 12.4 Å². The van der Waals surface area contributed by atoms with E-state index >= 15 is 0 Å². The number of aryl methyl sites for hydroxylation is 2. The molecule has 0 bridgehead atoms. The van der Waals surface area contributed by atoms with Crippen molar-refractivity contribution in [3.8, 4) is 39.6 Å². The van der Waals surface area contributed by atoms with E-state index in [9.17, 15) is 9.65 Å². The minimum atomic E-state index is -0.555. The Labute approximate surface area is 207 Å². The normalized spacial score (nSPS) is 11.2. The number of furan rings is 1. The van der Waals surface area contributed by atoms with Gasteiger partial charge in [-0.3, -0.25) is 0 Å². The highest BCUT2D eigenvalue weighted by molar-refractivity contribution is 6.13. The number of nitrogens with zero attached hydrogens (tertiary/aromatic N) is 3. The number of hydrogen-bond donors (Lipinski definition) is 0. The average molecular weight is 471 g/mol. The molecule has 0 fully saturated rings. The van der Waals surface area contributed by atoms with Crippen molar-refractivity contribution < 1.29 is 13.4 Å². The zero-order valence-corrected chi connectivity index (χ0v) is 19.8. The Balaban J connectivity index is 1.66. The van der Waals surface area contributed by atoms with Gasteiger partial charge in [0.2, 0.25) is 0 Å². The zero-order chi connectivity index (χ0) is 24.8. The predicted molar refractivity (Wildman–Crippen MR) is 138 cm³/mol. The van der Waals surface area contributed by atoms with Gasteiger partial charge in [-0.2, -0.15) is 9.65 Å². The van der Waals surface area contributed by atoms with Gasteiger partial charge in [0.15, 0.2) is 0 Å². The van der Waals surface area contributed by atoms with Crippen LogP contribution in [0, 0.1) is 24.2 Å². The lowest BCUT2D eigenvalue weighted by Crippen LogP contribution is -2.32. The third kappa shape index (κ3) is 3.52. The molecule has 0 amide bonds. The Hall–Kier alpha value is -4.82. The van der Waals surface area contributed by atoms with Crippen LogP contribution in [-0.2, 0) is 7.05 Å². The lowest BCUT2D eigenvalue weighted by atomic mass is 9.95. The molecule has 0 saturated heterocycles. The second-order valence-electron chi connectivity index (χ2n) is 8.90. The number of fused-ring (bicyclic) bond motifs is 3. The first kappa shape index (κ1) is 21.7. The van der Waals surface area contributed by atoms with Crippen LogP contribution in [0.5, 0.6) is 0 Å². The standard InChI is InChI=1S/C31H21FN3O/c1-19-11-12-24-26-14-20(17-33)13-25(23-10-6-9-22(15-23)21-7-4-3-5-8-21)30(26)36-31(24)29(19)27-16-28(32)34-18-35(27)2/h3-16,18H,1-2H3/q+1. The van der Waals surface area contributed by atoms with Gasteiger partial charge in [-0.15, -0.1) is 0 Å². The first-order chi connectivity index (χ1) is 17.5. The van der Waals surface area contributed by atoms with E-state index in [0.717, 1.165) is 44.2 Å². The number of hydrogen-bond acceptors (Lipinski definition) is 3. The molecule has 6 rings (SSSR count). The third-order valence-electron chi connectivity index (χ3n) is 6.61. The van der Waals surface area contributed by atoms with Crippen molar-refractivity contribution in [2.75, 3.05) is 0 Å². The number of benzene rings is 4. The maximum atomic E-state index is 14.1. The maximum Gasteiger partial charge on any atom is 0.325 e. The topological polar surface area (TPSA) is 53.7 Å². The van der Waals surface area contributed by atoms with Crippen LogP contribution in [0.4, 0.5) is 4.39 Å². The van der Waals surface area contributed by atoms with Gasteiger partial charge < -0.3 is 4.42 Å². The fourth-order valence-electron chi connectivity index (χ4n) is 4.84. The summed E-state index contributed by atoms with van der Waals surface area (Å²) in [4.78, 5) is 3.76. The Morgan fingerprint density at radius 2 is 1.61 bits per heavy atom. The van der Waals surface area contributed by atoms with E-state index < -0.39 is 5.95 Å². The van der Waals surface area contributed by atoms with Crippen molar-refractivity contribution in [3.63, 3.8) is 0 Å². The van der Waals surface area contributed by atoms with Gasteiger partial charge in [0.05, 0.1) is 30.3 Å². The molecule has 0 saturated carbocycles. The van der Waals surface area contributed by atoms with E-state index in [2.05, 4.69) is 35.3 Å². The van der Waals surface area contributed by atoms with Gasteiger partial charge in [-0.1, -0.05) is 60.7 Å². The van der Waals surface area contributed by atoms with Crippen molar-refractivity contribution in [2.24, 2.45) is 7.05 Å². The van der Waals surface area contributed by atoms with Crippen LogP contribution >= 0.6 is 0 Å². The molecule has 2 heterocycles. The quantitative estimate of drug-likeness (QED) is 0.204. The second kappa shape index (κ2) is 8.44. The monoisotopic (exact) mass is 470 g/mol. The smallest absolute Gasteiger partial charge is 0.325 e. The Morgan fingerprint density at radius 3 is 2.42 bits per heavy atom. The van der Waals surface area contributed by atoms with Crippen molar-refractivity contribution >= 4 is 21.9 Å². The largest absolute Gasteiger partial charge is 0.455 e. The molecule has 0 aliphatic carbocycles. The molecular weight excluding hydrogens is 449 g/mol. The molecule has 172 valence electrons. The molecule has 36 heavy (non-hydrogen) atoms. The summed E-state index contributed by atoms with van der Waals surface area (Å²) in [5.74, 6) is -0.555. The van der Waals surface area contributed by atoms with Crippen molar-refractivity contribution in [3.05, 3.63) is 108 Å². The summed E-state index contributed by atoms with van der Waals surface area (Å²) >= 11 is 0. The molecular formula is C31H21FN3O+. The highest BCUT2D eigenvalue weighted by Crippen LogP contribution is 2.41. The van der Waals surface area contributed by atoms with Crippen molar-refractivity contribution in [1.29, 1.82) is 5.26 Å². The molecule has 0 N–H and O–H groups in total. The summed E-state index contributed by atoms with van der Waals surface area (Å²) in [7, 11) is 1.83. The molecule has 4 nitrogen and oxygen atoms in total. The number of rotatable bonds is 3. The van der Waals surface area contributed by atoms with Crippen LogP contribution in [0.25, 0.3) is 55.4 Å². The van der Waals surface area contributed by atoms with Gasteiger partial charge in [0.25, 0.3) is 6.33 Å². The summed E-state index contributed by atoms with van der Waals surface area (Å²) in [6, 6.07) is 29.8. The lowest BCUT2D eigenvalue weighted by Gasteiger charge is -2.07. The summed E-state index contributed by atoms with van der Waals surface area (Å²) < 4.78 is 22.5. The summed E-state index contributed by atoms with van der Waals surface area (Å²) in [5.41, 5.74) is 8.30. The molecule has 0 aliphatic rings. The van der Waals surface area contributed by atoms with E-state index in [1.54, 1.807) is 4.57 Å². The van der Waals surface area contributed by atoms with Gasteiger partial charge >= 0.3 is 5.95 Å². The third-order valence-corrected chi connectivity index (χ3v) is 6.61. The molecule has 0 unspecified atom stereocenters. The SMILES string of the molecule is Cc1ccc2c(oc3c(-c4cccc(-c5ccccc5)c4)cc(C#N)cc32)c1-c1cc(F)nc[n+]1C. The first-order valence-electron chi connectivity index (χ1n) is 11.6. The molecule has 0 atom stereocenters. The van der Waals surface area contributed by atoms with Crippen LogP contribution in [0.2, 0.25) is 0 Å². The van der Waals surface area contributed by atoms with Crippen molar-refractivity contribution in [2.45, 2.75) is 6.92 Å². The molecule has 5 heteroatoms. The van der Waals surface area contributed by atoms with Gasteiger partial charge in [0, 0.05) is 16.3 Å². The number of halogens is 1. The number of nitriles is 1. The molecule has 0 radical (unpaired) electrons. The van der Waals surface area contributed by atoms with Crippen LogP contribution in [0.1, 0.15) is 11.1 Å². The predicted octanol–water partition coefficient (Wildman–Crippen LogP) is 7.13. The molecule has 0 spiro atoms. The number of aromatic nitrogens is 2. The van der Waals surface area contributed by atoms with E-state index in [4.69, 9.17) is 4.42 Å². The molecule has 0 aliphatic heterocycles. The van der Waals surface area contributed by atoms with Crippen LogP contribution in [-0.4, -0.2) is 4.98 Å². The Kier molecular flexibility index (Phi) is 5.09. The van der Waals surface area contributed by atoms with Gasteiger partial charge in [-0.25, -0.2) is 4.57 Å². The average Bonchev–Trinajstić information content (AvgIpc) is 3.28. The molecule has 6 aromatic rings. The molecule has 4 aromatic carbocycles. The fourth-order valence-corrected chi connectivity index (χ4v) is 4.84. The minimum Gasteiger partial charge on any atom is -0.455 e. The van der Waals surface area contributed by atoms with Gasteiger partial charge in [-0.05, 0) is 52.4 Å². The zero-order valence-electron chi connectivity index (χ0n) is 19.8. The van der Waals surface area contributed by atoms with Crippen LogP contribution in [0.3, 0.4) is 0 Å². The summed E-state index contributed by atoms with van der Waals surface area (Å²) in [5, 5.41) is 11.5.